The molecule has 156 valence electrons. The average Bonchev–Trinajstić information content (AvgIpc) is 3.05. The van der Waals surface area contributed by atoms with E-state index in [-0.39, 0.29) is 5.91 Å². The van der Waals surface area contributed by atoms with Crippen LogP contribution < -0.4 is 10.6 Å². The predicted octanol–water partition coefficient (Wildman–Crippen LogP) is 4.08. The molecule has 1 aliphatic rings. The van der Waals surface area contributed by atoms with Gasteiger partial charge in [0.15, 0.2) is 5.96 Å². The second kappa shape index (κ2) is 11.7. The zero-order chi connectivity index (χ0) is 20.4. The van der Waals surface area contributed by atoms with Crippen LogP contribution in [0.4, 0.5) is 0 Å². The van der Waals surface area contributed by atoms with E-state index in [9.17, 15) is 4.79 Å². The van der Waals surface area contributed by atoms with Crippen LogP contribution in [0.5, 0.6) is 0 Å². The lowest BCUT2D eigenvalue weighted by Gasteiger charge is -2.19. The summed E-state index contributed by atoms with van der Waals surface area (Å²) in [6.45, 7) is 11.9. The summed E-state index contributed by atoms with van der Waals surface area (Å²) in [7, 11) is 0. The Morgan fingerprint density at radius 2 is 1.93 bits per heavy atom. The minimum absolute atomic E-state index is 0.267. The van der Waals surface area contributed by atoms with E-state index in [1.807, 2.05) is 11.0 Å². The molecule has 1 atom stereocenters. The highest BCUT2D eigenvalue weighted by Crippen LogP contribution is 2.18. The van der Waals surface area contributed by atoms with Crippen LogP contribution in [-0.4, -0.2) is 35.9 Å². The SMILES string of the molecule is CCNC(=NCc1ccccc1CN1CCCC1=O)NC(C)CCCC(C)C. The first kappa shape index (κ1) is 22.3. The Balaban J connectivity index is 1.97. The molecule has 1 fully saturated rings. The Labute approximate surface area is 171 Å². The first-order valence-corrected chi connectivity index (χ1v) is 10.9. The van der Waals surface area contributed by atoms with Crippen molar-refractivity contribution < 1.29 is 4.79 Å². The Morgan fingerprint density at radius 3 is 2.57 bits per heavy atom. The summed E-state index contributed by atoms with van der Waals surface area (Å²) in [5, 5.41) is 6.89. The van der Waals surface area contributed by atoms with Crippen LogP contribution in [0, 0.1) is 5.92 Å². The molecule has 0 spiro atoms. The molecule has 0 aromatic heterocycles. The van der Waals surface area contributed by atoms with Crippen molar-refractivity contribution in [3.63, 3.8) is 0 Å². The van der Waals surface area contributed by atoms with Crippen LogP contribution in [0.25, 0.3) is 0 Å². The zero-order valence-corrected chi connectivity index (χ0v) is 18.1. The van der Waals surface area contributed by atoms with Crippen molar-refractivity contribution >= 4 is 11.9 Å². The fraction of sp³-hybridized carbons (Fsp3) is 0.652. The van der Waals surface area contributed by atoms with Crippen LogP contribution >= 0.6 is 0 Å². The highest BCUT2D eigenvalue weighted by molar-refractivity contribution is 5.80. The van der Waals surface area contributed by atoms with Gasteiger partial charge in [-0.1, -0.05) is 51.0 Å². The Hall–Kier alpha value is -2.04. The number of aliphatic imine (C=N–C) groups is 1. The van der Waals surface area contributed by atoms with Gasteiger partial charge in [0.1, 0.15) is 0 Å². The summed E-state index contributed by atoms with van der Waals surface area (Å²) < 4.78 is 0. The molecule has 5 nitrogen and oxygen atoms in total. The number of nitrogens with zero attached hydrogens (tertiary/aromatic N) is 2. The molecular weight excluding hydrogens is 348 g/mol. The van der Waals surface area contributed by atoms with E-state index in [4.69, 9.17) is 4.99 Å². The van der Waals surface area contributed by atoms with Crippen molar-refractivity contribution in [1.82, 2.24) is 15.5 Å². The Morgan fingerprint density at radius 1 is 1.18 bits per heavy atom. The molecule has 2 rings (SSSR count). The standard InChI is InChI=1S/C23H38N4O/c1-5-24-23(26-19(4)11-8-10-18(2)3)25-16-20-12-6-7-13-21(20)17-27-15-9-14-22(27)28/h6-7,12-13,18-19H,5,8-11,14-17H2,1-4H3,(H2,24,25,26). The highest BCUT2D eigenvalue weighted by atomic mass is 16.2. The third kappa shape index (κ3) is 7.53. The van der Waals surface area contributed by atoms with E-state index in [0.29, 0.717) is 25.6 Å². The van der Waals surface area contributed by atoms with Gasteiger partial charge in [-0.25, -0.2) is 4.99 Å². The molecule has 1 aliphatic heterocycles. The molecule has 1 saturated heterocycles. The lowest BCUT2D eigenvalue weighted by molar-refractivity contribution is -0.128. The van der Waals surface area contributed by atoms with Gasteiger partial charge in [0.25, 0.3) is 0 Å². The first-order valence-electron chi connectivity index (χ1n) is 10.9. The Kier molecular flexibility index (Phi) is 9.32. The van der Waals surface area contributed by atoms with Crippen molar-refractivity contribution in [2.75, 3.05) is 13.1 Å². The van der Waals surface area contributed by atoms with Crippen LogP contribution in [0.3, 0.4) is 0 Å². The fourth-order valence-electron chi connectivity index (χ4n) is 3.56. The topological polar surface area (TPSA) is 56.7 Å². The number of carbonyl (C=O) groups is 1. The molecular formula is C23H38N4O. The van der Waals surface area contributed by atoms with Gasteiger partial charge in [-0.2, -0.15) is 0 Å². The minimum atomic E-state index is 0.267. The smallest absolute Gasteiger partial charge is 0.222 e. The van der Waals surface area contributed by atoms with Crippen molar-refractivity contribution in [3.05, 3.63) is 35.4 Å². The van der Waals surface area contributed by atoms with Gasteiger partial charge in [-0.05, 0) is 43.7 Å². The van der Waals surface area contributed by atoms with Gasteiger partial charge in [-0.15, -0.1) is 0 Å². The zero-order valence-electron chi connectivity index (χ0n) is 18.1. The second-order valence-corrected chi connectivity index (χ2v) is 8.25. The van der Waals surface area contributed by atoms with Gasteiger partial charge in [0.05, 0.1) is 6.54 Å². The molecule has 1 heterocycles. The number of likely N-dealkylation sites (tertiary alicyclic amines) is 1. The maximum absolute atomic E-state index is 12.0. The van der Waals surface area contributed by atoms with Crippen molar-refractivity contribution in [2.24, 2.45) is 10.9 Å². The molecule has 28 heavy (non-hydrogen) atoms. The van der Waals surface area contributed by atoms with Crippen LogP contribution in [0.2, 0.25) is 0 Å². The maximum Gasteiger partial charge on any atom is 0.222 e. The maximum atomic E-state index is 12.0. The second-order valence-electron chi connectivity index (χ2n) is 8.25. The van der Waals surface area contributed by atoms with E-state index in [2.05, 4.69) is 56.5 Å². The van der Waals surface area contributed by atoms with Gasteiger partial charge in [-0.3, -0.25) is 4.79 Å². The monoisotopic (exact) mass is 386 g/mol. The molecule has 1 amide bonds. The molecule has 0 aliphatic carbocycles. The lowest BCUT2D eigenvalue weighted by Crippen LogP contribution is -2.42. The number of amides is 1. The molecule has 0 radical (unpaired) electrons. The normalized spacial score (nSPS) is 16.0. The minimum Gasteiger partial charge on any atom is -0.357 e. The summed E-state index contributed by atoms with van der Waals surface area (Å²) in [4.78, 5) is 18.7. The summed E-state index contributed by atoms with van der Waals surface area (Å²) in [6.07, 6.45) is 5.31. The van der Waals surface area contributed by atoms with E-state index in [1.54, 1.807) is 0 Å². The average molecular weight is 387 g/mol. The summed E-state index contributed by atoms with van der Waals surface area (Å²) in [5.74, 6) is 1.89. The third-order valence-corrected chi connectivity index (χ3v) is 5.20. The molecule has 1 aromatic carbocycles. The third-order valence-electron chi connectivity index (χ3n) is 5.20. The number of carbonyl (C=O) groups excluding carboxylic acids is 1. The van der Waals surface area contributed by atoms with Crippen molar-refractivity contribution in [2.45, 2.75) is 78.9 Å². The van der Waals surface area contributed by atoms with E-state index in [0.717, 1.165) is 37.8 Å². The largest absolute Gasteiger partial charge is 0.357 e. The summed E-state index contributed by atoms with van der Waals surface area (Å²) in [5.41, 5.74) is 2.38. The molecule has 1 unspecified atom stereocenters. The number of benzene rings is 1. The number of guanidine groups is 1. The summed E-state index contributed by atoms with van der Waals surface area (Å²) >= 11 is 0. The predicted molar refractivity (Wildman–Crippen MR) is 117 cm³/mol. The fourth-order valence-corrected chi connectivity index (χ4v) is 3.56. The number of rotatable bonds is 10. The quantitative estimate of drug-likeness (QED) is 0.471. The molecule has 0 bridgehead atoms. The lowest BCUT2D eigenvalue weighted by atomic mass is 10.0. The van der Waals surface area contributed by atoms with Gasteiger partial charge in [0.2, 0.25) is 5.91 Å². The van der Waals surface area contributed by atoms with Gasteiger partial charge < -0.3 is 15.5 Å². The number of hydrogen-bond donors (Lipinski definition) is 2. The van der Waals surface area contributed by atoms with Gasteiger partial charge >= 0.3 is 0 Å². The van der Waals surface area contributed by atoms with Crippen molar-refractivity contribution in [3.8, 4) is 0 Å². The van der Waals surface area contributed by atoms with E-state index in [1.165, 1.54) is 24.0 Å². The number of hydrogen-bond acceptors (Lipinski definition) is 2. The molecule has 5 heteroatoms. The van der Waals surface area contributed by atoms with Gasteiger partial charge in [0, 0.05) is 32.1 Å². The van der Waals surface area contributed by atoms with Crippen LogP contribution in [-0.2, 0) is 17.9 Å². The molecule has 2 N–H and O–H groups in total. The van der Waals surface area contributed by atoms with Crippen LogP contribution in [0.1, 0.15) is 70.9 Å². The number of nitrogens with one attached hydrogen (secondary N) is 2. The summed E-state index contributed by atoms with van der Waals surface area (Å²) in [6, 6.07) is 8.73. The van der Waals surface area contributed by atoms with Crippen LogP contribution in [0.15, 0.2) is 29.3 Å². The van der Waals surface area contributed by atoms with E-state index < -0.39 is 0 Å². The molecule has 1 aromatic rings. The van der Waals surface area contributed by atoms with E-state index >= 15 is 0 Å². The first-order chi connectivity index (χ1) is 13.5. The highest BCUT2D eigenvalue weighted by Gasteiger charge is 2.20. The molecule has 0 saturated carbocycles. The van der Waals surface area contributed by atoms with Crippen molar-refractivity contribution in [1.29, 1.82) is 0 Å². The Bertz CT molecular complexity index is 641.